The summed E-state index contributed by atoms with van der Waals surface area (Å²) < 4.78 is 44.2. The van der Waals surface area contributed by atoms with Gasteiger partial charge < -0.3 is 23.9 Å². The molecule has 0 saturated carbocycles. The number of amides is 1. The lowest BCUT2D eigenvalue weighted by molar-refractivity contribution is -0.286. The van der Waals surface area contributed by atoms with E-state index in [0.717, 1.165) is 0 Å². The Hall–Kier alpha value is -3.10. The maximum atomic E-state index is 12.9. The molecule has 1 aliphatic heterocycles. The maximum Gasteiger partial charge on any atom is 0.586 e. The van der Waals surface area contributed by atoms with Gasteiger partial charge in [-0.25, -0.2) is 4.79 Å². The smallest absolute Gasteiger partial charge is 0.454 e. The molecule has 9 heteroatoms. The number of hydrogen-bond donors (Lipinski definition) is 1. The van der Waals surface area contributed by atoms with Crippen LogP contribution in [0.15, 0.2) is 34.7 Å². The number of alkyl halides is 2. The van der Waals surface area contributed by atoms with Crippen molar-refractivity contribution < 1.29 is 37.0 Å². The minimum atomic E-state index is -3.73. The number of furan rings is 1. The molecule has 1 amide bonds. The number of fused-ring (bicyclic) bond motifs is 1. The zero-order valence-corrected chi connectivity index (χ0v) is 12.3. The van der Waals surface area contributed by atoms with Crippen LogP contribution in [0.2, 0.25) is 0 Å². The van der Waals surface area contributed by atoms with E-state index in [2.05, 4.69) is 14.8 Å². The molecular weight excluding hydrogens is 328 g/mol. The molecule has 0 unspecified atom stereocenters. The fraction of sp³-hybridized carbons (Fsp3) is 0.200. The standard InChI is InChI=1S/C15H11F2NO6/c1-8-2-4-11(22-8)14(20)21-7-13(19)18-9-3-5-10-12(6-9)24-15(16,17)23-10/h2-6H,7H2,1H3,(H,18,19). The second kappa shape index (κ2) is 5.84. The lowest BCUT2D eigenvalue weighted by atomic mass is 10.3. The Morgan fingerprint density at radius 1 is 1.17 bits per heavy atom. The highest BCUT2D eigenvalue weighted by atomic mass is 19.3. The van der Waals surface area contributed by atoms with Gasteiger partial charge >= 0.3 is 12.3 Å². The first-order valence-corrected chi connectivity index (χ1v) is 6.76. The van der Waals surface area contributed by atoms with Crippen LogP contribution in [0.25, 0.3) is 0 Å². The first-order valence-electron chi connectivity index (χ1n) is 6.76. The van der Waals surface area contributed by atoms with Gasteiger partial charge in [-0.1, -0.05) is 0 Å². The number of aryl methyl sites for hydroxylation is 1. The Kier molecular flexibility index (Phi) is 3.84. The number of ether oxygens (including phenoxy) is 3. The molecule has 0 atom stereocenters. The highest BCUT2D eigenvalue weighted by Crippen LogP contribution is 2.42. The van der Waals surface area contributed by atoms with Crippen molar-refractivity contribution in [3.63, 3.8) is 0 Å². The lowest BCUT2D eigenvalue weighted by Gasteiger charge is -2.06. The van der Waals surface area contributed by atoms with Gasteiger partial charge in [-0.15, -0.1) is 8.78 Å². The fourth-order valence-electron chi connectivity index (χ4n) is 1.97. The molecule has 1 aliphatic rings. The summed E-state index contributed by atoms with van der Waals surface area (Å²) in [6.45, 7) is 1.09. The molecule has 3 rings (SSSR count). The van der Waals surface area contributed by atoms with E-state index < -0.39 is 24.8 Å². The Morgan fingerprint density at radius 3 is 2.62 bits per heavy atom. The minimum Gasteiger partial charge on any atom is -0.454 e. The van der Waals surface area contributed by atoms with Gasteiger partial charge in [0.1, 0.15) is 5.76 Å². The van der Waals surface area contributed by atoms with Crippen molar-refractivity contribution in [2.45, 2.75) is 13.2 Å². The summed E-state index contributed by atoms with van der Waals surface area (Å²) in [7, 11) is 0. The number of benzene rings is 1. The van der Waals surface area contributed by atoms with Crippen molar-refractivity contribution in [2.75, 3.05) is 11.9 Å². The maximum absolute atomic E-state index is 12.9. The van der Waals surface area contributed by atoms with Crippen LogP contribution in [0.1, 0.15) is 16.3 Å². The zero-order chi connectivity index (χ0) is 17.3. The van der Waals surface area contributed by atoms with Crippen LogP contribution in [0.4, 0.5) is 14.5 Å². The molecule has 0 radical (unpaired) electrons. The molecular formula is C15H11F2NO6. The molecule has 1 aromatic heterocycles. The van der Waals surface area contributed by atoms with E-state index in [9.17, 15) is 18.4 Å². The number of carbonyl (C=O) groups is 2. The van der Waals surface area contributed by atoms with Gasteiger partial charge in [-0.05, 0) is 31.2 Å². The third-order valence-corrected chi connectivity index (χ3v) is 2.96. The van der Waals surface area contributed by atoms with E-state index in [1.165, 1.54) is 24.3 Å². The summed E-state index contributed by atoms with van der Waals surface area (Å²) in [6, 6.07) is 6.75. The van der Waals surface area contributed by atoms with Gasteiger partial charge in [0, 0.05) is 11.8 Å². The summed E-state index contributed by atoms with van der Waals surface area (Å²) in [4.78, 5) is 23.4. The normalized spacial score (nSPS) is 14.3. The summed E-state index contributed by atoms with van der Waals surface area (Å²) in [5.41, 5.74) is 0.185. The number of anilines is 1. The second-order valence-corrected chi connectivity index (χ2v) is 4.86. The topological polar surface area (TPSA) is 87.0 Å². The van der Waals surface area contributed by atoms with Gasteiger partial charge in [-0.2, -0.15) is 0 Å². The number of nitrogens with one attached hydrogen (secondary N) is 1. The van der Waals surface area contributed by atoms with E-state index in [1.807, 2.05) is 0 Å². The number of carbonyl (C=O) groups excluding carboxylic acids is 2. The molecule has 0 spiro atoms. The van der Waals surface area contributed by atoms with Crippen molar-refractivity contribution in [2.24, 2.45) is 0 Å². The Balaban J connectivity index is 1.55. The van der Waals surface area contributed by atoms with Gasteiger partial charge in [0.05, 0.1) is 0 Å². The second-order valence-electron chi connectivity index (χ2n) is 4.86. The summed E-state index contributed by atoms with van der Waals surface area (Å²) in [6.07, 6.45) is -3.73. The van der Waals surface area contributed by atoms with Gasteiger partial charge in [-0.3, -0.25) is 4.79 Å². The molecule has 0 saturated heterocycles. The fourth-order valence-corrected chi connectivity index (χ4v) is 1.97. The third kappa shape index (κ3) is 3.45. The number of rotatable bonds is 4. The quantitative estimate of drug-likeness (QED) is 0.862. The average Bonchev–Trinajstić information content (AvgIpc) is 3.06. The van der Waals surface area contributed by atoms with Crippen LogP contribution < -0.4 is 14.8 Å². The Labute approximate surface area is 134 Å². The Bertz CT molecular complexity index is 801. The summed E-state index contributed by atoms with van der Waals surface area (Å²) >= 11 is 0. The number of halogens is 2. The first kappa shape index (κ1) is 15.8. The average molecular weight is 339 g/mol. The van der Waals surface area contributed by atoms with Crippen LogP contribution in [0.3, 0.4) is 0 Å². The van der Waals surface area contributed by atoms with E-state index in [4.69, 9.17) is 9.15 Å². The molecule has 2 aromatic rings. The van der Waals surface area contributed by atoms with Crippen molar-refractivity contribution in [1.82, 2.24) is 0 Å². The van der Waals surface area contributed by atoms with Crippen LogP contribution in [0, 0.1) is 6.92 Å². The van der Waals surface area contributed by atoms with Crippen LogP contribution >= 0.6 is 0 Å². The third-order valence-electron chi connectivity index (χ3n) is 2.96. The molecule has 1 aromatic carbocycles. The van der Waals surface area contributed by atoms with E-state index in [0.29, 0.717) is 5.76 Å². The van der Waals surface area contributed by atoms with E-state index in [-0.39, 0.29) is 22.9 Å². The first-order chi connectivity index (χ1) is 11.3. The largest absolute Gasteiger partial charge is 0.586 e. The molecule has 0 aliphatic carbocycles. The molecule has 2 heterocycles. The van der Waals surface area contributed by atoms with Crippen molar-refractivity contribution in [1.29, 1.82) is 0 Å². The molecule has 0 bridgehead atoms. The highest BCUT2D eigenvalue weighted by molar-refractivity contribution is 5.94. The highest BCUT2D eigenvalue weighted by Gasteiger charge is 2.43. The molecule has 7 nitrogen and oxygen atoms in total. The van der Waals surface area contributed by atoms with Gasteiger partial charge in [0.25, 0.3) is 5.91 Å². The number of hydrogen-bond acceptors (Lipinski definition) is 6. The van der Waals surface area contributed by atoms with Gasteiger partial charge in [0.15, 0.2) is 18.1 Å². The molecule has 1 N–H and O–H groups in total. The van der Waals surface area contributed by atoms with E-state index >= 15 is 0 Å². The van der Waals surface area contributed by atoms with E-state index in [1.54, 1.807) is 13.0 Å². The minimum absolute atomic E-state index is 0.0226. The summed E-state index contributed by atoms with van der Waals surface area (Å²) in [5, 5.41) is 2.38. The number of esters is 1. The monoisotopic (exact) mass is 339 g/mol. The van der Waals surface area contributed by atoms with Crippen LogP contribution in [-0.2, 0) is 9.53 Å². The van der Waals surface area contributed by atoms with Crippen molar-refractivity contribution >= 4 is 17.6 Å². The van der Waals surface area contributed by atoms with Crippen LogP contribution in [-0.4, -0.2) is 24.8 Å². The van der Waals surface area contributed by atoms with Gasteiger partial charge in [0.2, 0.25) is 5.76 Å². The SMILES string of the molecule is Cc1ccc(C(=O)OCC(=O)Nc2ccc3c(c2)OC(F)(F)O3)o1. The predicted octanol–water partition coefficient (Wildman–Crippen LogP) is 2.71. The zero-order valence-electron chi connectivity index (χ0n) is 12.3. The van der Waals surface area contributed by atoms with Crippen molar-refractivity contribution in [3.05, 3.63) is 41.9 Å². The van der Waals surface area contributed by atoms with Crippen LogP contribution in [0.5, 0.6) is 11.5 Å². The lowest BCUT2D eigenvalue weighted by Crippen LogP contribution is -2.25. The van der Waals surface area contributed by atoms with Crippen molar-refractivity contribution in [3.8, 4) is 11.5 Å². The predicted molar refractivity (Wildman–Crippen MR) is 75.0 cm³/mol. The molecule has 0 fully saturated rings. The summed E-state index contributed by atoms with van der Waals surface area (Å²) in [5.74, 6) is -1.28. The Morgan fingerprint density at radius 2 is 1.92 bits per heavy atom. The molecule has 24 heavy (non-hydrogen) atoms. The molecule has 126 valence electrons.